The third-order valence-corrected chi connectivity index (χ3v) is 7.06. The summed E-state index contributed by atoms with van der Waals surface area (Å²) in [6.07, 6.45) is 5.49. The van der Waals surface area contributed by atoms with E-state index < -0.39 is 0 Å². The number of rotatable bonds is 3. The zero-order valence-electron chi connectivity index (χ0n) is 15.5. The summed E-state index contributed by atoms with van der Waals surface area (Å²) in [5.41, 5.74) is -0.195. The molecule has 7 nitrogen and oxygen atoms in total. The van der Waals surface area contributed by atoms with Crippen molar-refractivity contribution < 1.29 is 14.1 Å². The molecule has 0 unspecified atom stereocenters. The molecular formula is C19H28N4O3. The molecule has 0 radical (unpaired) electrons. The van der Waals surface area contributed by atoms with Crippen molar-refractivity contribution in [1.29, 1.82) is 0 Å². The first-order chi connectivity index (χ1) is 12.7. The van der Waals surface area contributed by atoms with E-state index in [4.69, 9.17) is 9.26 Å². The number of carbonyl (C=O) groups is 1. The summed E-state index contributed by atoms with van der Waals surface area (Å²) < 4.78 is 11.2. The lowest BCUT2D eigenvalue weighted by Gasteiger charge is -2.34. The number of hydrogen-bond acceptors (Lipinski definition) is 6. The number of nitrogens with zero attached hydrogens (tertiary/aromatic N) is 4. The minimum atomic E-state index is -0.195. The molecule has 0 bridgehead atoms. The van der Waals surface area contributed by atoms with E-state index in [1.54, 1.807) is 0 Å². The first kappa shape index (κ1) is 16.7. The van der Waals surface area contributed by atoms with Gasteiger partial charge in [-0.3, -0.25) is 9.69 Å². The summed E-state index contributed by atoms with van der Waals surface area (Å²) in [5.74, 6) is 2.40. The zero-order chi connectivity index (χ0) is 17.7. The smallest absolute Gasteiger partial charge is 0.236 e. The summed E-state index contributed by atoms with van der Waals surface area (Å²) in [7, 11) is 0. The van der Waals surface area contributed by atoms with Gasteiger partial charge in [-0.2, -0.15) is 4.98 Å². The highest BCUT2D eigenvalue weighted by Crippen LogP contribution is 2.46. The maximum Gasteiger partial charge on any atom is 0.236 e. The van der Waals surface area contributed by atoms with Gasteiger partial charge in [-0.25, -0.2) is 0 Å². The zero-order valence-corrected chi connectivity index (χ0v) is 15.5. The molecule has 4 heterocycles. The van der Waals surface area contributed by atoms with Gasteiger partial charge in [-0.15, -0.1) is 0 Å². The van der Waals surface area contributed by atoms with Gasteiger partial charge in [0, 0.05) is 57.3 Å². The second-order valence-electron chi connectivity index (χ2n) is 8.62. The molecule has 142 valence electrons. The van der Waals surface area contributed by atoms with Crippen molar-refractivity contribution in [2.75, 3.05) is 39.4 Å². The Balaban J connectivity index is 1.40. The number of aryl methyl sites for hydroxylation is 1. The van der Waals surface area contributed by atoms with Gasteiger partial charge < -0.3 is 14.2 Å². The van der Waals surface area contributed by atoms with E-state index in [1.165, 1.54) is 6.42 Å². The van der Waals surface area contributed by atoms with Crippen LogP contribution in [0.4, 0.5) is 0 Å². The van der Waals surface area contributed by atoms with Crippen LogP contribution in [-0.4, -0.2) is 71.3 Å². The molecule has 4 aliphatic rings. The highest BCUT2D eigenvalue weighted by molar-refractivity contribution is 5.80. The largest absolute Gasteiger partial charge is 0.381 e. The Morgan fingerprint density at radius 3 is 2.62 bits per heavy atom. The summed E-state index contributed by atoms with van der Waals surface area (Å²) in [6, 6.07) is 0.575. The van der Waals surface area contributed by atoms with Gasteiger partial charge in [-0.1, -0.05) is 11.6 Å². The van der Waals surface area contributed by atoms with Crippen LogP contribution in [0.15, 0.2) is 4.52 Å². The average molecular weight is 360 g/mol. The molecule has 26 heavy (non-hydrogen) atoms. The summed E-state index contributed by atoms with van der Waals surface area (Å²) in [6.45, 7) is 7.06. The molecule has 7 heteroatoms. The third-order valence-electron chi connectivity index (χ3n) is 7.06. The monoisotopic (exact) mass is 360 g/mol. The molecule has 2 atom stereocenters. The standard InChI is InChI=1S/C19H28N4O3/c1-13-20-18(26-21-13)19-11-22(16-5-7-25-8-6-16)9-15(19)10-23(12-19)17(24)14-3-2-4-14/h14-16H,2-12H2,1H3/t15-,19-/m1/s1. The Kier molecular flexibility index (Phi) is 4.05. The van der Waals surface area contributed by atoms with Gasteiger partial charge >= 0.3 is 0 Å². The minimum absolute atomic E-state index is 0.195. The lowest BCUT2D eigenvalue weighted by atomic mass is 9.81. The molecule has 1 aromatic rings. The van der Waals surface area contributed by atoms with Crippen LogP contribution in [-0.2, 0) is 14.9 Å². The van der Waals surface area contributed by atoms with E-state index in [0.29, 0.717) is 23.7 Å². The van der Waals surface area contributed by atoms with Crippen molar-refractivity contribution >= 4 is 5.91 Å². The van der Waals surface area contributed by atoms with E-state index in [-0.39, 0.29) is 11.3 Å². The van der Waals surface area contributed by atoms with Crippen molar-refractivity contribution in [2.24, 2.45) is 11.8 Å². The first-order valence-electron chi connectivity index (χ1n) is 10.1. The Bertz CT molecular complexity index is 682. The second-order valence-corrected chi connectivity index (χ2v) is 8.62. The van der Waals surface area contributed by atoms with Crippen LogP contribution in [0, 0.1) is 18.8 Å². The Morgan fingerprint density at radius 2 is 1.96 bits per heavy atom. The molecule has 3 saturated heterocycles. The highest BCUT2D eigenvalue weighted by atomic mass is 16.5. The number of hydrogen-bond donors (Lipinski definition) is 0. The van der Waals surface area contributed by atoms with Crippen molar-refractivity contribution in [3.63, 3.8) is 0 Å². The fourth-order valence-electron chi connectivity index (χ4n) is 5.32. The summed E-state index contributed by atoms with van der Waals surface area (Å²) in [5, 5.41) is 4.06. The van der Waals surface area contributed by atoms with Crippen LogP contribution in [0.2, 0.25) is 0 Å². The fourth-order valence-corrected chi connectivity index (χ4v) is 5.32. The van der Waals surface area contributed by atoms with Crippen molar-refractivity contribution in [2.45, 2.75) is 50.5 Å². The predicted molar refractivity (Wildman–Crippen MR) is 93.5 cm³/mol. The Morgan fingerprint density at radius 1 is 1.15 bits per heavy atom. The van der Waals surface area contributed by atoms with Gasteiger partial charge in [-0.05, 0) is 32.6 Å². The number of carbonyl (C=O) groups excluding carboxylic acids is 1. The lowest BCUT2D eigenvalue weighted by molar-refractivity contribution is -0.137. The quantitative estimate of drug-likeness (QED) is 0.811. The highest BCUT2D eigenvalue weighted by Gasteiger charge is 2.59. The lowest BCUT2D eigenvalue weighted by Crippen LogP contribution is -2.45. The Hall–Kier alpha value is -1.47. The Labute approximate surface area is 154 Å². The van der Waals surface area contributed by atoms with Crippen molar-refractivity contribution in [1.82, 2.24) is 19.9 Å². The first-order valence-corrected chi connectivity index (χ1v) is 10.1. The van der Waals surface area contributed by atoms with Gasteiger partial charge in [0.25, 0.3) is 0 Å². The van der Waals surface area contributed by atoms with Crippen molar-refractivity contribution in [3.8, 4) is 0 Å². The number of likely N-dealkylation sites (tertiary alicyclic amines) is 2. The van der Waals surface area contributed by atoms with Crippen LogP contribution < -0.4 is 0 Å². The van der Waals surface area contributed by atoms with E-state index >= 15 is 0 Å². The molecule has 4 fully saturated rings. The van der Waals surface area contributed by atoms with E-state index in [2.05, 4.69) is 19.9 Å². The molecule has 1 aromatic heterocycles. The predicted octanol–water partition coefficient (Wildman–Crippen LogP) is 1.37. The van der Waals surface area contributed by atoms with E-state index in [9.17, 15) is 4.79 Å². The molecule has 0 N–H and O–H groups in total. The molecule has 3 aliphatic heterocycles. The van der Waals surface area contributed by atoms with Crippen LogP contribution in [0.5, 0.6) is 0 Å². The minimum Gasteiger partial charge on any atom is -0.381 e. The topological polar surface area (TPSA) is 71.7 Å². The summed E-state index contributed by atoms with van der Waals surface area (Å²) in [4.78, 5) is 22.1. The van der Waals surface area contributed by atoms with Crippen LogP contribution in [0.1, 0.15) is 43.8 Å². The molecule has 0 spiro atoms. The SMILES string of the molecule is Cc1noc([C@]23CN(C(=O)C4CCC4)C[C@H]2CN(C2CCOCC2)C3)n1. The third kappa shape index (κ3) is 2.59. The van der Waals surface area contributed by atoms with E-state index in [1.807, 2.05) is 6.92 Å². The van der Waals surface area contributed by atoms with Crippen molar-refractivity contribution in [3.05, 3.63) is 11.7 Å². The average Bonchev–Trinajstić information content (AvgIpc) is 3.26. The molecule has 0 aromatic carbocycles. The van der Waals surface area contributed by atoms with Crippen LogP contribution in [0.3, 0.4) is 0 Å². The molecular weight excluding hydrogens is 332 g/mol. The van der Waals surface area contributed by atoms with Gasteiger partial charge in [0.05, 0.1) is 5.41 Å². The van der Waals surface area contributed by atoms with Gasteiger partial charge in [0.15, 0.2) is 5.82 Å². The fraction of sp³-hybridized carbons (Fsp3) is 0.842. The molecule has 1 saturated carbocycles. The summed E-state index contributed by atoms with van der Waals surface area (Å²) >= 11 is 0. The number of amides is 1. The van der Waals surface area contributed by atoms with E-state index in [0.717, 1.165) is 71.0 Å². The maximum absolute atomic E-state index is 12.8. The molecule has 1 amide bonds. The van der Waals surface area contributed by atoms with Gasteiger partial charge in [0.2, 0.25) is 11.8 Å². The number of fused-ring (bicyclic) bond motifs is 1. The number of ether oxygens (including phenoxy) is 1. The van der Waals surface area contributed by atoms with Crippen LogP contribution in [0.25, 0.3) is 0 Å². The maximum atomic E-state index is 12.8. The van der Waals surface area contributed by atoms with Gasteiger partial charge in [0.1, 0.15) is 0 Å². The second kappa shape index (κ2) is 6.30. The molecule has 1 aliphatic carbocycles. The normalized spacial score (nSPS) is 33.4. The number of aromatic nitrogens is 2. The van der Waals surface area contributed by atoms with Crippen LogP contribution >= 0.6 is 0 Å². The molecule has 5 rings (SSSR count).